The number of sulfonamides is 1. The van der Waals surface area contributed by atoms with Gasteiger partial charge in [-0.15, -0.1) is 11.6 Å². The Labute approximate surface area is 198 Å². The van der Waals surface area contributed by atoms with E-state index in [-0.39, 0.29) is 17.1 Å². The van der Waals surface area contributed by atoms with Crippen LogP contribution in [0.2, 0.25) is 0 Å². The number of carbonyl (C=O) groups excluding carboxylic acids is 1. The van der Waals surface area contributed by atoms with Crippen LogP contribution in [0.1, 0.15) is 16.3 Å². The normalized spacial score (nSPS) is 20.6. The Morgan fingerprint density at radius 2 is 1.76 bits per heavy atom. The molecule has 0 saturated carbocycles. The maximum atomic E-state index is 13.1. The first-order chi connectivity index (χ1) is 15.9. The Morgan fingerprint density at radius 3 is 2.38 bits per heavy atom. The second-order valence-corrected chi connectivity index (χ2v) is 10.0. The van der Waals surface area contributed by atoms with E-state index in [1.807, 2.05) is 4.72 Å². The third kappa shape index (κ3) is 4.58. The van der Waals surface area contributed by atoms with E-state index < -0.39 is 32.9 Å². The SMILES string of the molecule is Cc1nc2ccc(C(=O)NS(=O)(=O)c3ccccc3)nc2n1CC1C=CC(Cl)(C(F)(F)F)C=C1. The van der Waals surface area contributed by atoms with Gasteiger partial charge in [-0.2, -0.15) is 13.2 Å². The van der Waals surface area contributed by atoms with Crippen molar-refractivity contribution in [1.29, 1.82) is 0 Å². The quantitative estimate of drug-likeness (QED) is 0.411. The van der Waals surface area contributed by atoms with Gasteiger partial charge < -0.3 is 4.57 Å². The van der Waals surface area contributed by atoms with Crippen LogP contribution >= 0.6 is 11.6 Å². The van der Waals surface area contributed by atoms with E-state index in [9.17, 15) is 26.4 Å². The molecule has 1 N–H and O–H groups in total. The average molecular weight is 511 g/mol. The van der Waals surface area contributed by atoms with Crippen LogP contribution in [0.25, 0.3) is 11.2 Å². The first kappa shape index (κ1) is 24.0. The first-order valence-electron chi connectivity index (χ1n) is 10.00. The van der Waals surface area contributed by atoms with E-state index in [1.54, 1.807) is 17.6 Å². The van der Waals surface area contributed by atoms with Gasteiger partial charge in [0.1, 0.15) is 17.0 Å². The van der Waals surface area contributed by atoms with Crippen molar-refractivity contribution in [1.82, 2.24) is 19.3 Å². The Morgan fingerprint density at radius 1 is 1.12 bits per heavy atom. The molecule has 0 fully saturated rings. The van der Waals surface area contributed by atoms with Crippen molar-refractivity contribution in [2.24, 2.45) is 5.92 Å². The number of alkyl halides is 4. The van der Waals surface area contributed by atoms with Crippen LogP contribution in [0.3, 0.4) is 0 Å². The molecule has 0 unspecified atom stereocenters. The molecule has 1 amide bonds. The van der Waals surface area contributed by atoms with Crippen molar-refractivity contribution in [2.75, 3.05) is 0 Å². The summed E-state index contributed by atoms with van der Waals surface area (Å²) in [6, 6.07) is 10.3. The van der Waals surface area contributed by atoms with Gasteiger partial charge in [0.05, 0.1) is 4.90 Å². The Balaban J connectivity index is 1.59. The molecule has 1 aromatic carbocycles. The lowest BCUT2D eigenvalue weighted by molar-refractivity contribution is -0.139. The Kier molecular flexibility index (Phi) is 6.03. The van der Waals surface area contributed by atoms with Crippen LogP contribution in [0.15, 0.2) is 71.7 Å². The summed E-state index contributed by atoms with van der Waals surface area (Å²) < 4.78 is 67.9. The van der Waals surface area contributed by atoms with E-state index >= 15 is 0 Å². The number of imidazole rings is 1. The van der Waals surface area contributed by atoms with Crippen molar-refractivity contribution in [2.45, 2.75) is 29.4 Å². The van der Waals surface area contributed by atoms with Gasteiger partial charge >= 0.3 is 6.18 Å². The zero-order valence-electron chi connectivity index (χ0n) is 17.6. The maximum Gasteiger partial charge on any atom is 0.414 e. The number of amides is 1. The van der Waals surface area contributed by atoms with Gasteiger partial charge in [-0.3, -0.25) is 4.79 Å². The fourth-order valence-corrected chi connectivity index (χ4v) is 4.59. The van der Waals surface area contributed by atoms with E-state index in [0.717, 1.165) is 12.2 Å². The highest BCUT2D eigenvalue weighted by Crippen LogP contribution is 2.41. The monoisotopic (exact) mass is 510 g/mol. The number of rotatable bonds is 5. The maximum absolute atomic E-state index is 13.1. The van der Waals surface area contributed by atoms with Crippen LogP contribution in [0.5, 0.6) is 0 Å². The average Bonchev–Trinajstić information content (AvgIpc) is 3.09. The van der Waals surface area contributed by atoms with Crippen molar-refractivity contribution >= 4 is 38.7 Å². The van der Waals surface area contributed by atoms with Gasteiger partial charge in [-0.1, -0.05) is 42.5 Å². The molecule has 2 aromatic heterocycles. The number of aryl methyl sites for hydroxylation is 1. The lowest BCUT2D eigenvalue weighted by atomic mass is 9.95. The number of pyridine rings is 1. The summed E-state index contributed by atoms with van der Waals surface area (Å²) in [4.78, 5) is 18.6. The van der Waals surface area contributed by atoms with Crippen molar-refractivity contribution in [3.63, 3.8) is 0 Å². The number of hydrogen-bond acceptors (Lipinski definition) is 5. The number of halogens is 4. The summed E-state index contributed by atoms with van der Waals surface area (Å²) in [5.41, 5.74) is 0.591. The Hall–Kier alpha value is -3.18. The minimum Gasteiger partial charge on any atom is -0.312 e. The van der Waals surface area contributed by atoms with Gasteiger partial charge in [-0.05, 0) is 31.2 Å². The molecule has 0 atom stereocenters. The molecule has 0 saturated heterocycles. The molecule has 2 heterocycles. The third-order valence-electron chi connectivity index (χ3n) is 5.30. The number of fused-ring (bicyclic) bond motifs is 1. The molecule has 1 aliphatic rings. The molecule has 12 heteroatoms. The van der Waals surface area contributed by atoms with E-state index in [4.69, 9.17) is 11.6 Å². The minimum atomic E-state index is -4.63. The zero-order chi connectivity index (χ0) is 24.7. The highest BCUT2D eigenvalue weighted by atomic mass is 35.5. The number of nitrogens with one attached hydrogen (secondary N) is 1. The van der Waals surface area contributed by atoms with Gasteiger partial charge in [0.15, 0.2) is 10.5 Å². The van der Waals surface area contributed by atoms with Crippen LogP contribution in [0, 0.1) is 12.8 Å². The zero-order valence-corrected chi connectivity index (χ0v) is 19.2. The first-order valence-corrected chi connectivity index (χ1v) is 11.9. The van der Waals surface area contributed by atoms with E-state index in [2.05, 4.69) is 9.97 Å². The van der Waals surface area contributed by atoms with Gasteiger partial charge in [0.25, 0.3) is 15.9 Å². The summed E-state index contributed by atoms with van der Waals surface area (Å²) in [5, 5.41) is 0. The lowest BCUT2D eigenvalue weighted by Crippen LogP contribution is -2.37. The molecule has 0 spiro atoms. The number of allylic oxidation sites excluding steroid dienone is 4. The highest BCUT2D eigenvalue weighted by Gasteiger charge is 2.50. The predicted molar refractivity (Wildman–Crippen MR) is 120 cm³/mol. The summed E-state index contributed by atoms with van der Waals surface area (Å²) in [6.07, 6.45) is -0.125. The van der Waals surface area contributed by atoms with E-state index in [1.165, 1.54) is 48.6 Å². The molecule has 1 aliphatic carbocycles. The standard InChI is InChI=1S/C22H18ClF3N4O3S/c1-14-27-17-7-8-18(20(31)29-34(32,33)16-5-3-2-4-6-16)28-19(17)30(14)13-15-9-11-21(23,12-10-15)22(24,25)26/h2-12,15H,13H2,1H3,(H,29,31). The van der Waals surface area contributed by atoms with Crippen LogP contribution in [0.4, 0.5) is 13.2 Å². The predicted octanol–water partition coefficient (Wildman–Crippen LogP) is 4.14. The molecule has 4 rings (SSSR count). The summed E-state index contributed by atoms with van der Waals surface area (Å²) in [7, 11) is -4.10. The molecular formula is C22H18ClF3N4O3S. The van der Waals surface area contributed by atoms with E-state index in [0.29, 0.717) is 17.0 Å². The van der Waals surface area contributed by atoms with Crippen LogP contribution in [-0.4, -0.2) is 39.9 Å². The van der Waals surface area contributed by atoms with Crippen LogP contribution in [-0.2, 0) is 16.6 Å². The van der Waals surface area contributed by atoms with Crippen molar-refractivity contribution in [3.8, 4) is 0 Å². The molecule has 0 bridgehead atoms. The topological polar surface area (TPSA) is 93.9 Å². The fraction of sp³-hybridized carbons (Fsp3) is 0.227. The number of carbonyl (C=O) groups is 1. The second-order valence-electron chi connectivity index (χ2n) is 7.70. The summed E-state index contributed by atoms with van der Waals surface area (Å²) >= 11 is 5.65. The molecular weight excluding hydrogens is 493 g/mol. The summed E-state index contributed by atoms with van der Waals surface area (Å²) in [6.45, 7) is 1.89. The molecule has 0 aliphatic heterocycles. The van der Waals surface area contributed by atoms with Crippen LogP contribution < -0.4 is 4.72 Å². The van der Waals surface area contributed by atoms with Crippen molar-refractivity contribution in [3.05, 3.63) is 78.3 Å². The van der Waals surface area contributed by atoms with Gasteiger partial charge in [-0.25, -0.2) is 23.1 Å². The highest BCUT2D eigenvalue weighted by molar-refractivity contribution is 7.90. The second kappa shape index (κ2) is 8.55. The number of benzene rings is 1. The van der Waals surface area contributed by atoms with Gasteiger partial charge in [0, 0.05) is 12.5 Å². The molecule has 178 valence electrons. The minimum absolute atomic E-state index is 0.0737. The molecule has 34 heavy (non-hydrogen) atoms. The number of aromatic nitrogens is 3. The molecule has 3 aromatic rings. The van der Waals surface area contributed by atoms with Crippen molar-refractivity contribution < 1.29 is 26.4 Å². The summed E-state index contributed by atoms with van der Waals surface area (Å²) in [5.74, 6) is -0.828. The largest absolute Gasteiger partial charge is 0.414 e. The molecule has 0 radical (unpaired) electrons. The van der Waals surface area contributed by atoms with Gasteiger partial charge in [0.2, 0.25) is 0 Å². The smallest absolute Gasteiger partial charge is 0.312 e. The number of hydrogen-bond donors (Lipinski definition) is 1. The fourth-order valence-electron chi connectivity index (χ4n) is 3.46. The Bertz CT molecular complexity index is 1400. The molecule has 7 nitrogen and oxygen atoms in total. The lowest BCUT2D eigenvalue weighted by Gasteiger charge is -2.27. The third-order valence-corrected chi connectivity index (χ3v) is 7.11. The number of nitrogens with zero attached hydrogens (tertiary/aromatic N) is 3.